The first-order valence-corrected chi connectivity index (χ1v) is 7.22. The summed E-state index contributed by atoms with van der Waals surface area (Å²) in [6.45, 7) is 2.82. The molecule has 102 valence electrons. The topological polar surface area (TPSA) is 30.9 Å². The highest BCUT2D eigenvalue weighted by molar-refractivity contribution is 9.10. The summed E-state index contributed by atoms with van der Waals surface area (Å²) in [6.07, 6.45) is 6.02. The number of benzene rings is 1. The van der Waals surface area contributed by atoms with Gasteiger partial charge in [0.2, 0.25) is 0 Å². The molecular weight excluding hydrogens is 307 g/mol. The highest BCUT2D eigenvalue weighted by atomic mass is 79.9. The molecule has 0 aliphatic carbocycles. The maximum Gasteiger partial charge on any atom is 0.124 e. The first-order valence-electron chi connectivity index (χ1n) is 6.42. The van der Waals surface area contributed by atoms with Gasteiger partial charge in [-0.1, -0.05) is 28.9 Å². The maximum atomic E-state index is 13.0. The summed E-state index contributed by atoms with van der Waals surface area (Å²) in [5.41, 5.74) is 8.25. The molecule has 4 heteroatoms. The van der Waals surface area contributed by atoms with Crippen molar-refractivity contribution in [3.63, 3.8) is 0 Å². The Balaban J connectivity index is 2.07. The summed E-state index contributed by atoms with van der Waals surface area (Å²) in [6, 6.07) is 7.09. The van der Waals surface area contributed by atoms with Crippen LogP contribution in [0.4, 0.5) is 4.39 Å². The second kappa shape index (κ2) is 6.35. The molecule has 0 saturated heterocycles. The molecule has 0 aliphatic heterocycles. The van der Waals surface area contributed by atoms with Crippen LogP contribution in [0.25, 0.3) is 0 Å². The molecule has 0 bridgehead atoms. The van der Waals surface area contributed by atoms with E-state index in [1.807, 2.05) is 6.20 Å². The van der Waals surface area contributed by atoms with Crippen molar-refractivity contribution >= 4 is 15.9 Å². The number of rotatable bonds is 5. The summed E-state index contributed by atoms with van der Waals surface area (Å²) in [5, 5.41) is 0. The minimum absolute atomic E-state index is 0.216. The van der Waals surface area contributed by atoms with Crippen molar-refractivity contribution in [2.45, 2.75) is 32.4 Å². The highest BCUT2D eigenvalue weighted by Crippen LogP contribution is 2.19. The highest BCUT2D eigenvalue weighted by Gasteiger charge is 2.05. The van der Waals surface area contributed by atoms with Crippen molar-refractivity contribution in [3.05, 3.63) is 58.1 Å². The minimum atomic E-state index is -0.224. The van der Waals surface area contributed by atoms with Gasteiger partial charge >= 0.3 is 0 Å². The zero-order valence-electron chi connectivity index (χ0n) is 10.9. The molecule has 1 aromatic carbocycles. The fourth-order valence-corrected chi connectivity index (χ4v) is 2.48. The predicted molar refractivity (Wildman–Crippen MR) is 79.6 cm³/mol. The van der Waals surface area contributed by atoms with Gasteiger partial charge in [-0.15, -0.1) is 0 Å². The third kappa shape index (κ3) is 3.91. The van der Waals surface area contributed by atoms with E-state index in [1.54, 1.807) is 6.07 Å². The second-order valence-electron chi connectivity index (χ2n) is 4.80. The van der Waals surface area contributed by atoms with Crippen LogP contribution in [-0.2, 0) is 13.0 Å². The smallest absolute Gasteiger partial charge is 0.124 e. The minimum Gasteiger partial charge on any atom is -0.350 e. The zero-order chi connectivity index (χ0) is 13.8. The van der Waals surface area contributed by atoms with Crippen molar-refractivity contribution in [2.24, 2.45) is 5.73 Å². The fraction of sp³-hybridized carbons (Fsp3) is 0.333. The summed E-state index contributed by atoms with van der Waals surface area (Å²) >= 11 is 3.39. The molecule has 0 aliphatic rings. The van der Waals surface area contributed by atoms with Crippen LogP contribution < -0.4 is 5.73 Å². The van der Waals surface area contributed by atoms with Crippen molar-refractivity contribution in [1.29, 1.82) is 0 Å². The predicted octanol–water partition coefficient (Wildman–Crippen LogP) is 3.72. The summed E-state index contributed by atoms with van der Waals surface area (Å²) in [5.74, 6) is -0.224. The van der Waals surface area contributed by atoms with Crippen molar-refractivity contribution in [3.8, 4) is 0 Å². The molecular formula is C15H18BrFN2. The lowest BCUT2D eigenvalue weighted by Gasteiger charge is -2.07. The van der Waals surface area contributed by atoms with E-state index in [0.29, 0.717) is 0 Å². The van der Waals surface area contributed by atoms with Gasteiger partial charge in [-0.05, 0) is 42.2 Å². The van der Waals surface area contributed by atoms with Crippen LogP contribution in [0.2, 0.25) is 0 Å². The molecule has 1 aromatic heterocycles. The molecule has 19 heavy (non-hydrogen) atoms. The molecule has 1 unspecified atom stereocenters. The van der Waals surface area contributed by atoms with E-state index >= 15 is 0 Å². The third-order valence-electron chi connectivity index (χ3n) is 3.20. The Morgan fingerprint density at radius 3 is 2.84 bits per heavy atom. The number of aromatic nitrogens is 1. The number of hydrogen-bond acceptors (Lipinski definition) is 1. The average molecular weight is 325 g/mol. The summed E-state index contributed by atoms with van der Waals surface area (Å²) < 4.78 is 15.9. The fourth-order valence-electron chi connectivity index (χ4n) is 2.00. The van der Waals surface area contributed by atoms with Gasteiger partial charge in [0.1, 0.15) is 5.82 Å². The molecule has 0 fully saturated rings. The molecule has 2 N–H and O–H groups in total. The van der Waals surface area contributed by atoms with Crippen LogP contribution >= 0.6 is 15.9 Å². The maximum absolute atomic E-state index is 13.0. The van der Waals surface area contributed by atoms with Crippen molar-refractivity contribution in [2.75, 3.05) is 0 Å². The van der Waals surface area contributed by atoms with Gasteiger partial charge in [-0.2, -0.15) is 0 Å². The largest absolute Gasteiger partial charge is 0.350 e. The Kier molecular flexibility index (Phi) is 4.77. The van der Waals surface area contributed by atoms with Gasteiger partial charge in [-0.3, -0.25) is 0 Å². The Bertz CT molecular complexity index is 551. The molecule has 2 nitrogen and oxygen atoms in total. The Labute approximate surface area is 121 Å². The van der Waals surface area contributed by atoms with Crippen LogP contribution in [0.1, 0.15) is 24.5 Å². The van der Waals surface area contributed by atoms with Crippen molar-refractivity contribution in [1.82, 2.24) is 4.57 Å². The molecule has 0 saturated carbocycles. The van der Waals surface area contributed by atoms with Crippen LogP contribution in [0.15, 0.2) is 41.1 Å². The first-order chi connectivity index (χ1) is 9.08. The standard InChI is InChI=1S/C15H18BrFN2/c1-2-14(18)7-11-5-6-19(9-11)10-12-3-4-13(17)8-15(12)16/h3-6,8-9,14H,2,7,10,18H2,1H3. The lowest BCUT2D eigenvalue weighted by Crippen LogP contribution is -2.21. The van der Waals surface area contributed by atoms with Gasteiger partial charge in [0.15, 0.2) is 0 Å². The van der Waals surface area contributed by atoms with E-state index in [-0.39, 0.29) is 11.9 Å². The van der Waals surface area contributed by atoms with Gasteiger partial charge in [0.25, 0.3) is 0 Å². The van der Waals surface area contributed by atoms with E-state index in [0.717, 1.165) is 29.4 Å². The molecule has 2 rings (SSSR count). The van der Waals surface area contributed by atoms with Gasteiger partial charge in [0.05, 0.1) is 0 Å². The molecule has 1 atom stereocenters. The quantitative estimate of drug-likeness (QED) is 0.892. The van der Waals surface area contributed by atoms with Crippen LogP contribution in [0.3, 0.4) is 0 Å². The normalized spacial score (nSPS) is 12.6. The summed E-state index contributed by atoms with van der Waals surface area (Å²) in [7, 11) is 0. The Morgan fingerprint density at radius 2 is 2.16 bits per heavy atom. The molecule has 0 amide bonds. The van der Waals surface area contributed by atoms with Crippen LogP contribution in [-0.4, -0.2) is 10.6 Å². The average Bonchev–Trinajstić information content (AvgIpc) is 2.80. The molecule has 1 heterocycles. The zero-order valence-corrected chi connectivity index (χ0v) is 12.5. The SMILES string of the molecule is CCC(N)Cc1ccn(Cc2ccc(F)cc2Br)c1. The first kappa shape index (κ1) is 14.3. The molecule has 2 aromatic rings. The second-order valence-corrected chi connectivity index (χ2v) is 5.65. The van der Waals surface area contributed by atoms with E-state index in [1.165, 1.54) is 17.7 Å². The monoisotopic (exact) mass is 324 g/mol. The Hall–Kier alpha value is -1.13. The van der Waals surface area contributed by atoms with E-state index in [2.05, 4.69) is 39.7 Å². The van der Waals surface area contributed by atoms with E-state index < -0.39 is 0 Å². The Morgan fingerprint density at radius 1 is 1.37 bits per heavy atom. The van der Waals surface area contributed by atoms with E-state index in [9.17, 15) is 4.39 Å². The molecule has 0 radical (unpaired) electrons. The number of nitrogens with zero attached hydrogens (tertiary/aromatic N) is 1. The van der Waals surface area contributed by atoms with Crippen molar-refractivity contribution < 1.29 is 4.39 Å². The third-order valence-corrected chi connectivity index (χ3v) is 3.94. The number of halogens is 2. The molecule has 0 spiro atoms. The summed E-state index contributed by atoms with van der Waals surface area (Å²) in [4.78, 5) is 0. The van der Waals surface area contributed by atoms with Crippen LogP contribution in [0.5, 0.6) is 0 Å². The van der Waals surface area contributed by atoms with Crippen LogP contribution in [0, 0.1) is 5.82 Å². The van der Waals surface area contributed by atoms with Gasteiger partial charge in [0, 0.05) is 29.5 Å². The van der Waals surface area contributed by atoms with Gasteiger partial charge < -0.3 is 10.3 Å². The van der Waals surface area contributed by atoms with Gasteiger partial charge in [-0.25, -0.2) is 4.39 Å². The lowest BCUT2D eigenvalue weighted by atomic mass is 10.1. The lowest BCUT2D eigenvalue weighted by molar-refractivity contribution is 0.625. The number of nitrogens with two attached hydrogens (primary N) is 1. The number of hydrogen-bond donors (Lipinski definition) is 1. The van der Waals surface area contributed by atoms with E-state index in [4.69, 9.17) is 5.73 Å².